The molecule has 172 valence electrons. The van der Waals surface area contributed by atoms with Crippen molar-refractivity contribution in [2.45, 2.75) is 56.7 Å². The molecular formula is C23H29F2N5O2. The third-order valence-electron chi connectivity index (χ3n) is 7.90. The van der Waals surface area contributed by atoms with Crippen molar-refractivity contribution in [2.75, 3.05) is 32.0 Å². The van der Waals surface area contributed by atoms with E-state index in [0.29, 0.717) is 35.4 Å². The first kappa shape index (κ1) is 20.4. The largest absolute Gasteiger partial charge is 0.431 e. The molecule has 4 atom stereocenters. The number of morpholine rings is 1. The van der Waals surface area contributed by atoms with Crippen molar-refractivity contribution >= 4 is 5.82 Å². The van der Waals surface area contributed by atoms with E-state index in [4.69, 9.17) is 15.6 Å². The number of alkyl halides is 2. The first-order valence-electron chi connectivity index (χ1n) is 11.7. The Kier molecular flexibility index (Phi) is 5.06. The van der Waals surface area contributed by atoms with Crippen LogP contribution in [0.1, 0.15) is 49.8 Å². The van der Waals surface area contributed by atoms with Crippen LogP contribution in [0.2, 0.25) is 0 Å². The standard InChI is InChI=1S/C23H29F2N5O2/c24-23(25)32-20-8-13(12-27-22(20)26)18-11-19(30(28-18)14-2-1-3-14)21-16-9-15(10-17(16)21)29-4-6-31-7-5-29/h8,11-12,14-17,21,23H,1-7,9-10H2,(H2,26,27)/t15?,16-,17+,21?. The average Bonchev–Trinajstić information content (AvgIpc) is 3.09. The van der Waals surface area contributed by atoms with E-state index in [9.17, 15) is 8.78 Å². The van der Waals surface area contributed by atoms with Gasteiger partial charge in [0.15, 0.2) is 11.6 Å². The lowest BCUT2D eigenvalue weighted by Crippen LogP contribution is -2.43. The van der Waals surface area contributed by atoms with Gasteiger partial charge in [0.1, 0.15) is 0 Å². The minimum absolute atomic E-state index is 0.0430. The lowest BCUT2D eigenvalue weighted by Gasteiger charge is -2.33. The number of rotatable bonds is 6. The van der Waals surface area contributed by atoms with Crippen molar-refractivity contribution < 1.29 is 18.3 Å². The van der Waals surface area contributed by atoms with E-state index in [2.05, 4.69) is 25.4 Å². The second kappa shape index (κ2) is 7.95. The maximum atomic E-state index is 12.7. The summed E-state index contributed by atoms with van der Waals surface area (Å²) in [5.41, 5.74) is 8.43. The first-order valence-corrected chi connectivity index (χ1v) is 11.7. The van der Waals surface area contributed by atoms with Crippen LogP contribution in [0.3, 0.4) is 0 Å². The fourth-order valence-electron chi connectivity index (χ4n) is 6.00. The molecule has 3 aliphatic carbocycles. The molecule has 0 radical (unpaired) electrons. The Balaban J connectivity index is 1.24. The highest BCUT2D eigenvalue weighted by molar-refractivity contribution is 5.64. The topological polar surface area (TPSA) is 78.4 Å². The lowest BCUT2D eigenvalue weighted by atomic mass is 9.92. The van der Waals surface area contributed by atoms with Gasteiger partial charge in [-0.3, -0.25) is 9.58 Å². The molecule has 2 N–H and O–H groups in total. The van der Waals surface area contributed by atoms with Gasteiger partial charge in [-0.15, -0.1) is 0 Å². The molecule has 3 heterocycles. The number of fused-ring (bicyclic) bond motifs is 1. The average molecular weight is 446 g/mol. The van der Waals surface area contributed by atoms with Gasteiger partial charge in [0.2, 0.25) is 0 Å². The minimum atomic E-state index is -2.94. The van der Waals surface area contributed by atoms with E-state index in [-0.39, 0.29) is 11.6 Å². The van der Waals surface area contributed by atoms with Crippen molar-refractivity contribution in [3.05, 3.63) is 24.0 Å². The van der Waals surface area contributed by atoms with Crippen LogP contribution in [-0.2, 0) is 4.74 Å². The normalized spacial score (nSPS) is 30.3. The summed E-state index contributed by atoms with van der Waals surface area (Å²) in [6.45, 7) is 0.848. The summed E-state index contributed by atoms with van der Waals surface area (Å²) in [4.78, 5) is 6.66. The van der Waals surface area contributed by atoms with Crippen LogP contribution >= 0.6 is 0 Å². The van der Waals surface area contributed by atoms with Crippen molar-refractivity contribution in [2.24, 2.45) is 11.8 Å². The highest BCUT2D eigenvalue weighted by Crippen LogP contribution is 2.64. The van der Waals surface area contributed by atoms with Gasteiger partial charge in [0, 0.05) is 42.5 Å². The monoisotopic (exact) mass is 445 g/mol. The van der Waals surface area contributed by atoms with Crippen LogP contribution < -0.4 is 10.5 Å². The molecule has 3 saturated carbocycles. The molecule has 1 saturated heterocycles. The second-order valence-corrected chi connectivity index (χ2v) is 9.60. The molecule has 0 spiro atoms. The van der Waals surface area contributed by atoms with Gasteiger partial charge in [-0.1, -0.05) is 0 Å². The molecule has 2 aromatic rings. The van der Waals surface area contributed by atoms with E-state index in [0.717, 1.165) is 44.8 Å². The zero-order valence-electron chi connectivity index (χ0n) is 18.0. The number of nitrogens with zero attached hydrogens (tertiary/aromatic N) is 4. The fourth-order valence-corrected chi connectivity index (χ4v) is 6.00. The molecule has 4 fully saturated rings. The SMILES string of the molecule is Nc1ncc(-c2cc(C3[C@H]4CC(N5CCOCC5)C[C@@H]34)n(C3CCC3)n2)cc1OC(F)F. The Morgan fingerprint density at radius 3 is 2.50 bits per heavy atom. The number of nitrogens with two attached hydrogens (primary N) is 1. The van der Waals surface area contributed by atoms with E-state index in [1.807, 2.05) is 0 Å². The van der Waals surface area contributed by atoms with Crippen molar-refractivity contribution in [3.8, 4) is 17.0 Å². The predicted molar refractivity (Wildman–Crippen MR) is 115 cm³/mol. The summed E-state index contributed by atoms with van der Waals surface area (Å²) in [6, 6.07) is 4.78. The molecule has 0 amide bonds. The van der Waals surface area contributed by atoms with Gasteiger partial charge in [-0.25, -0.2) is 4.98 Å². The van der Waals surface area contributed by atoms with Gasteiger partial charge in [-0.05, 0) is 56.1 Å². The highest BCUT2D eigenvalue weighted by atomic mass is 19.3. The molecule has 2 aromatic heterocycles. The van der Waals surface area contributed by atoms with Crippen LogP contribution in [0.15, 0.2) is 18.3 Å². The molecule has 0 aromatic carbocycles. The number of hydrogen-bond donors (Lipinski definition) is 1. The fraction of sp³-hybridized carbons (Fsp3) is 0.652. The van der Waals surface area contributed by atoms with Crippen molar-refractivity contribution in [1.29, 1.82) is 0 Å². The molecule has 9 heteroatoms. The van der Waals surface area contributed by atoms with Gasteiger partial charge in [0.25, 0.3) is 0 Å². The quantitative estimate of drug-likeness (QED) is 0.731. The van der Waals surface area contributed by atoms with E-state index in [1.165, 1.54) is 31.0 Å². The van der Waals surface area contributed by atoms with Crippen LogP contribution in [0.5, 0.6) is 5.75 Å². The maximum Gasteiger partial charge on any atom is 0.387 e. The van der Waals surface area contributed by atoms with Crippen LogP contribution in [0.4, 0.5) is 14.6 Å². The number of anilines is 1. The molecule has 0 bridgehead atoms. The highest BCUT2D eigenvalue weighted by Gasteiger charge is 2.58. The summed E-state index contributed by atoms with van der Waals surface area (Å²) in [6.07, 6.45) is 7.60. The van der Waals surface area contributed by atoms with Gasteiger partial charge >= 0.3 is 6.61 Å². The number of aromatic nitrogens is 3. The van der Waals surface area contributed by atoms with Crippen molar-refractivity contribution in [3.63, 3.8) is 0 Å². The van der Waals surface area contributed by atoms with Crippen LogP contribution in [-0.4, -0.2) is 58.6 Å². The van der Waals surface area contributed by atoms with E-state index >= 15 is 0 Å². The summed E-state index contributed by atoms with van der Waals surface area (Å²) in [5.74, 6) is 1.84. The second-order valence-electron chi connectivity index (χ2n) is 9.60. The van der Waals surface area contributed by atoms with Gasteiger partial charge in [0.05, 0.1) is 24.9 Å². The van der Waals surface area contributed by atoms with Gasteiger partial charge < -0.3 is 15.2 Å². The van der Waals surface area contributed by atoms with E-state index in [1.54, 1.807) is 6.20 Å². The number of pyridine rings is 1. The van der Waals surface area contributed by atoms with E-state index < -0.39 is 6.61 Å². The predicted octanol–water partition coefficient (Wildman–Crippen LogP) is 3.68. The Morgan fingerprint density at radius 1 is 1.09 bits per heavy atom. The first-order chi connectivity index (χ1) is 15.6. The zero-order chi connectivity index (χ0) is 21.8. The molecule has 32 heavy (non-hydrogen) atoms. The molecule has 2 unspecified atom stereocenters. The molecular weight excluding hydrogens is 416 g/mol. The van der Waals surface area contributed by atoms with Gasteiger partial charge in [-0.2, -0.15) is 13.9 Å². The summed E-state index contributed by atoms with van der Waals surface area (Å²) < 4.78 is 37.8. The zero-order valence-corrected chi connectivity index (χ0v) is 18.0. The maximum absolute atomic E-state index is 12.7. The summed E-state index contributed by atoms with van der Waals surface area (Å²) in [7, 11) is 0. The molecule has 1 aliphatic heterocycles. The minimum Gasteiger partial charge on any atom is -0.431 e. The Labute approximate surface area is 185 Å². The van der Waals surface area contributed by atoms with Crippen molar-refractivity contribution in [1.82, 2.24) is 19.7 Å². The number of hydrogen-bond acceptors (Lipinski definition) is 6. The molecule has 4 aliphatic rings. The smallest absolute Gasteiger partial charge is 0.387 e. The Bertz CT molecular complexity index is 977. The summed E-state index contributed by atoms with van der Waals surface area (Å²) >= 11 is 0. The third kappa shape index (κ3) is 3.55. The number of nitrogen functional groups attached to an aromatic ring is 1. The molecule has 7 nitrogen and oxygen atoms in total. The summed E-state index contributed by atoms with van der Waals surface area (Å²) in [5, 5.41) is 4.92. The Hall–Kier alpha value is -2.26. The Morgan fingerprint density at radius 2 is 1.84 bits per heavy atom. The number of ether oxygens (including phenoxy) is 2. The lowest BCUT2D eigenvalue weighted by molar-refractivity contribution is -0.0494. The van der Waals surface area contributed by atoms with Crippen LogP contribution in [0.25, 0.3) is 11.3 Å². The third-order valence-corrected chi connectivity index (χ3v) is 7.90. The number of halogens is 2. The molecule has 6 rings (SSSR count). The van der Waals surface area contributed by atoms with Crippen LogP contribution in [0, 0.1) is 11.8 Å².